The standard InChI is InChI=1S/C13H15FN2O/c14-13-5-9(6-15)1-2-11(13)8-16-7-10-3-12(17)4-10/h1-2,5,10,12,16-17H,3-4,7-8H2. The minimum atomic E-state index is -0.342. The van der Waals surface area contributed by atoms with E-state index in [1.807, 2.05) is 6.07 Å². The van der Waals surface area contributed by atoms with Crippen molar-refractivity contribution in [2.24, 2.45) is 5.92 Å². The van der Waals surface area contributed by atoms with Crippen LogP contribution in [0.25, 0.3) is 0 Å². The molecule has 4 heteroatoms. The van der Waals surface area contributed by atoms with Gasteiger partial charge in [-0.25, -0.2) is 4.39 Å². The van der Waals surface area contributed by atoms with Crippen molar-refractivity contribution in [2.45, 2.75) is 25.5 Å². The molecule has 2 N–H and O–H groups in total. The van der Waals surface area contributed by atoms with Gasteiger partial charge < -0.3 is 10.4 Å². The van der Waals surface area contributed by atoms with Gasteiger partial charge in [0.25, 0.3) is 0 Å². The predicted octanol–water partition coefficient (Wildman–Crippen LogP) is 1.56. The molecule has 1 fully saturated rings. The van der Waals surface area contributed by atoms with Crippen molar-refractivity contribution >= 4 is 0 Å². The summed E-state index contributed by atoms with van der Waals surface area (Å²) in [4.78, 5) is 0. The molecule has 0 aromatic heterocycles. The third kappa shape index (κ3) is 3.02. The summed E-state index contributed by atoms with van der Waals surface area (Å²) in [7, 11) is 0. The van der Waals surface area contributed by atoms with Crippen molar-refractivity contribution in [1.82, 2.24) is 5.32 Å². The van der Waals surface area contributed by atoms with Crippen LogP contribution in [0.5, 0.6) is 0 Å². The van der Waals surface area contributed by atoms with Crippen LogP contribution in [-0.2, 0) is 6.54 Å². The Balaban J connectivity index is 1.81. The van der Waals surface area contributed by atoms with E-state index < -0.39 is 0 Å². The monoisotopic (exact) mass is 234 g/mol. The Bertz CT molecular complexity index is 436. The number of halogens is 1. The smallest absolute Gasteiger partial charge is 0.129 e. The molecule has 0 aliphatic heterocycles. The number of hydrogen-bond acceptors (Lipinski definition) is 3. The quantitative estimate of drug-likeness (QED) is 0.831. The fraction of sp³-hybridized carbons (Fsp3) is 0.462. The molecule has 0 heterocycles. The first-order valence-corrected chi connectivity index (χ1v) is 5.76. The van der Waals surface area contributed by atoms with E-state index in [2.05, 4.69) is 5.32 Å². The summed E-state index contributed by atoms with van der Waals surface area (Å²) in [6, 6.07) is 6.41. The largest absolute Gasteiger partial charge is 0.393 e. The van der Waals surface area contributed by atoms with Crippen LogP contribution in [0.3, 0.4) is 0 Å². The predicted molar refractivity (Wildman–Crippen MR) is 61.6 cm³/mol. The topological polar surface area (TPSA) is 56.0 Å². The van der Waals surface area contributed by atoms with Gasteiger partial charge in [0.15, 0.2) is 0 Å². The summed E-state index contributed by atoms with van der Waals surface area (Å²) >= 11 is 0. The fourth-order valence-electron chi connectivity index (χ4n) is 2.04. The van der Waals surface area contributed by atoms with Gasteiger partial charge in [0.05, 0.1) is 17.7 Å². The van der Waals surface area contributed by atoms with Crippen molar-refractivity contribution in [3.8, 4) is 6.07 Å². The second-order valence-electron chi connectivity index (χ2n) is 4.54. The van der Waals surface area contributed by atoms with Crippen LogP contribution >= 0.6 is 0 Å². The third-order valence-electron chi connectivity index (χ3n) is 3.14. The number of rotatable bonds is 4. The number of benzene rings is 1. The molecule has 0 unspecified atom stereocenters. The van der Waals surface area contributed by atoms with E-state index in [0.717, 1.165) is 19.4 Å². The molecule has 90 valence electrons. The lowest BCUT2D eigenvalue weighted by Crippen LogP contribution is -2.36. The molecule has 0 spiro atoms. The molecule has 1 saturated carbocycles. The molecule has 0 saturated heterocycles. The minimum Gasteiger partial charge on any atom is -0.393 e. The molecule has 17 heavy (non-hydrogen) atoms. The molecule has 0 amide bonds. The lowest BCUT2D eigenvalue weighted by Gasteiger charge is -2.31. The zero-order valence-electron chi connectivity index (χ0n) is 9.49. The summed E-state index contributed by atoms with van der Waals surface area (Å²) in [6.07, 6.45) is 1.53. The number of nitrogens with zero attached hydrogens (tertiary/aromatic N) is 1. The molecule has 1 aliphatic carbocycles. The highest BCUT2D eigenvalue weighted by atomic mass is 19.1. The van der Waals surface area contributed by atoms with Gasteiger partial charge in [0, 0.05) is 12.1 Å². The van der Waals surface area contributed by atoms with Gasteiger partial charge in [-0.3, -0.25) is 0 Å². The second kappa shape index (κ2) is 5.26. The van der Waals surface area contributed by atoms with Crippen LogP contribution in [0.2, 0.25) is 0 Å². The average Bonchev–Trinajstić information content (AvgIpc) is 2.28. The Kier molecular flexibility index (Phi) is 3.72. The summed E-state index contributed by atoms with van der Waals surface area (Å²) in [5, 5.41) is 20.9. The molecule has 1 aromatic rings. The van der Waals surface area contributed by atoms with E-state index in [-0.39, 0.29) is 11.9 Å². The Morgan fingerprint density at radius 2 is 2.24 bits per heavy atom. The normalized spacial score (nSPS) is 22.9. The number of aliphatic hydroxyl groups is 1. The summed E-state index contributed by atoms with van der Waals surface area (Å²) in [5.74, 6) is 0.164. The number of aliphatic hydroxyl groups excluding tert-OH is 1. The first-order valence-electron chi connectivity index (χ1n) is 5.76. The fourth-order valence-corrected chi connectivity index (χ4v) is 2.04. The SMILES string of the molecule is N#Cc1ccc(CNCC2CC(O)C2)c(F)c1. The molecule has 0 atom stereocenters. The Morgan fingerprint density at radius 3 is 2.82 bits per heavy atom. The van der Waals surface area contributed by atoms with E-state index in [1.165, 1.54) is 6.07 Å². The van der Waals surface area contributed by atoms with E-state index in [0.29, 0.717) is 23.6 Å². The Morgan fingerprint density at radius 1 is 1.47 bits per heavy atom. The molecule has 0 radical (unpaired) electrons. The molecule has 3 nitrogen and oxygen atoms in total. The van der Waals surface area contributed by atoms with Gasteiger partial charge in [-0.05, 0) is 37.4 Å². The van der Waals surface area contributed by atoms with E-state index in [4.69, 9.17) is 10.4 Å². The van der Waals surface area contributed by atoms with Gasteiger partial charge in [-0.1, -0.05) is 6.07 Å². The van der Waals surface area contributed by atoms with E-state index in [9.17, 15) is 4.39 Å². The zero-order valence-corrected chi connectivity index (χ0v) is 9.49. The van der Waals surface area contributed by atoms with Crippen LogP contribution in [0.15, 0.2) is 18.2 Å². The highest BCUT2D eigenvalue weighted by Crippen LogP contribution is 2.26. The van der Waals surface area contributed by atoms with Crippen molar-refractivity contribution < 1.29 is 9.50 Å². The van der Waals surface area contributed by atoms with E-state index in [1.54, 1.807) is 12.1 Å². The molecule has 2 rings (SSSR count). The molecule has 0 bridgehead atoms. The van der Waals surface area contributed by atoms with Gasteiger partial charge in [-0.2, -0.15) is 5.26 Å². The molecule has 1 aliphatic rings. The summed E-state index contributed by atoms with van der Waals surface area (Å²) < 4.78 is 13.5. The van der Waals surface area contributed by atoms with E-state index >= 15 is 0 Å². The van der Waals surface area contributed by atoms with Crippen molar-refractivity contribution in [2.75, 3.05) is 6.54 Å². The molecular formula is C13H15FN2O. The van der Waals surface area contributed by atoms with Crippen molar-refractivity contribution in [1.29, 1.82) is 5.26 Å². The lowest BCUT2D eigenvalue weighted by molar-refractivity contribution is 0.0429. The lowest BCUT2D eigenvalue weighted by atomic mass is 9.82. The van der Waals surface area contributed by atoms with Crippen molar-refractivity contribution in [3.05, 3.63) is 35.1 Å². The number of hydrogen-bond donors (Lipinski definition) is 2. The Hall–Kier alpha value is -1.44. The zero-order chi connectivity index (χ0) is 12.3. The van der Waals surface area contributed by atoms with Crippen LogP contribution in [0, 0.1) is 23.1 Å². The van der Waals surface area contributed by atoms with Gasteiger partial charge in [0.1, 0.15) is 5.82 Å². The summed E-state index contributed by atoms with van der Waals surface area (Å²) in [6.45, 7) is 1.26. The minimum absolute atomic E-state index is 0.145. The highest BCUT2D eigenvalue weighted by molar-refractivity contribution is 5.32. The first-order chi connectivity index (χ1) is 8.19. The van der Waals surface area contributed by atoms with Crippen LogP contribution in [-0.4, -0.2) is 17.8 Å². The van der Waals surface area contributed by atoms with Crippen LogP contribution < -0.4 is 5.32 Å². The highest BCUT2D eigenvalue weighted by Gasteiger charge is 2.26. The number of nitrogens with one attached hydrogen (secondary N) is 1. The number of nitriles is 1. The average molecular weight is 234 g/mol. The second-order valence-corrected chi connectivity index (χ2v) is 4.54. The Labute approximate surface area is 99.9 Å². The van der Waals surface area contributed by atoms with Crippen LogP contribution in [0.4, 0.5) is 4.39 Å². The van der Waals surface area contributed by atoms with Gasteiger partial charge >= 0.3 is 0 Å². The third-order valence-corrected chi connectivity index (χ3v) is 3.14. The maximum absolute atomic E-state index is 13.5. The van der Waals surface area contributed by atoms with Gasteiger partial charge in [-0.15, -0.1) is 0 Å². The maximum Gasteiger partial charge on any atom is 0.129 e. The molecule has 1 aromatic carbocycles. The van der Waals surface area contributed by atoms with Crippen molar-refractivity contribution in [3.63, 3.8) is 0 Å². The van der Waals surface area contributed by atoms with Gasteiger partial charge in [0.2, 0.25) is 0 Å². The molecular weight excluding hydrogens is 219 g/mol. The van der Waals surface area contributed by atoms with Crippen LogP contribution in [0.1, 0.15) is 24.0 Å². The first kappa shape index (κ1) is 12.0. The maximum atomic E-state index is 13.5. The summed E-state index contributed by atoms with van der Waals surface area (Å²) in [5.41, 5.74) is 0.914.